The Labute approximate surface area is 184 Å². The third-order valence-electron chi connectivity index (χ3n) is 7.50. The van der Waals surface area contributed by atoms with Gasteiger partial charge in [0.15, 0.2) is 0 Å². The van der Waals surface area contributed by atoms with E-state index in [4.69, 9.17) is 0 Å². The molecule has 31 heavy (non-hydrogen) atoms. The molecule has 0 saturated heterocycles. The lowest BCUT2D eigenvalue weighted by Gasteiger charge is -2.44. The molecular weight excluding hydrogens is 376 g/mol. The quantitative estimate of drug-likeness (QED) is 0.422. The summed E-state index contributed by atoms with van der Waals surface area (Å²) in [6.45, 7) is 3.37. The van der Waals surface area contributed by atoms with Crippen molar-refractivity contribution in [2.24, 2.45) is 5.92 Å². The maximum atomic E-state index is 9.62. The first kappa shape index (κ1) is 18.4. The number of fused-ring (bicyclic) bond motifs is 7. The fourth-order valence-electron chi connectivity index (χ4n) is 6.12. The third-order valence-corrected chi connectivity index (χ3v) is 7.50. The summed E-state index contributed by atoms with van der Waals surface area (Å²) >= 11 is 0. The van der Waals surface area contributed by atoms with Crippen molar-refractivity contribution in [3.63, 3.8) is 0 Å². The molecule has 0 N–H and O–H groups in total. The summed E-state index contributed by atoms with van der Waals surface area (Å²) in [5.74, 6) is 0.541. The van der Waals surface area contributed by atoms with E-state index in [0.717, 1.165) is 34.1 Å². The van der Waals surface area contributed by atoms with Gasteiger partial charge in [0.25, 0.3) is 0 Å². The van der Waals surface area contributed by atoms with Crippen molar-refractivity contribution >= 4 is 5.57 Å². The van der Waals surface area contributed by atoms with Gasteiger partial charge in [-0.15, -0.1) is 0 Å². The van der Waals surface area contributed by atoms with E-state index in [1.54, 1.807) is 0 Å². The summed E-state index contributed by atoms with van der Waals surface area (Å²) < 4.78 is 0.909. The fraction of sp³-hybridized carbons (Fsp3) is 0.207. The van der Waals surface area contributed by atoms with Gasteiger partial charge in [0, 0.05) is 22.3 Å². The number of quaternary nitrogens is 1. The Morgan fingerprint density at radius 2 is 1.71 bits per heavy atom. The van der Waals surface area contributed by atoms with Crippen LogP contribution in [0.1, 0.15) is 47.2 Å². The molecule has 0 fully saturated rings. The van der Waals surface area contributed by atoms with Crippen LogP contribution in [0.3, 0.4) is 0 Å². The third kappa shape index (κ3) is 2.48. The summed E-state index contributed by atoms with van der Waals surface area (Å²) in [5.41, 5.74) is 11.6. The molecule has 0 aromatic heterocycles. The van der Waals surface area contributed by atoms with Crippen LogP contribution in [0.25, 0.3) is 16.7 Å². The van der Waals surface area contributed by atoms with Crippen molar-refractivity contribution in [3.8, 4) is 17.2 Å². The highest BCUT2D eigenvalue weighted by Gasteiger charge is 2.51. The molecule has 3 aromatic rings. The SMILES string of the molecule is CC1CC=CC2=C1c1ccccc1C1c3cc(-c4ccccc4C#N)ccc3C[N+]21C. The number of hydrogen-bond acceptors (Lipinski definition) is 1. The first-order valence-electron chi connectivity index (χ1n) is 11.1. The van der Waals surface area contributed by atoms with E-state index in [1.165, 1.54) is 33.5 Å². The zero-order chi connectivity index (χ0) is 21.2. The largest absolute Gasteiger partial charge is 0.280 e. The Hall–Kier alpha value is -3.41. The summed E-state index contributed by atoms with van der Waals surface area (Å²) in [6.07, 6.45) is 5.85. The Kier molecular flexibility index (Phi) is 3.88. The van der Waals surface area contributed by atoms with Gasteiger partial charge in [-0.1, -0.05) is 67.6 Å². The van der Waals surface area contributed by atoms with Crippen LogP contribution in [0.2, 0.25) is 0 Å². The van der Waals surface area contributed by atoms with Gasteiger partial charge in [-0.2, -0.15) is 5.26 Å². The van der Waals surface area contributed by atoms with Crippen molar-refractivity contribution in [2.75, 3.05) is 7.05 Å². The molecule has 0 radical (unpaired) electrons. The molecule has 2 heteroatoms. The van der Waals surface area contributed by atoms with E-state index in [0.29, 0.717) is 5.92 Å². The highest BCUT2D eigenvalue weighted by molar-refractivity contribution is 5.78. The average molecular weight is 402 g/mol. The van der Waals surface area contributed by atoms with Crippen molar-refractivity contribution in [2.45, 2.75) is 25.9 Å². The number of rotatable bonds is 1. The molecule has 0 spiro atoms. The Balaban J connectivity index is 1.59. The Morgan fingerprint density at radius 1 is 0.935 bits per heavy atom. The van der Waals surface area contributed by atoms with Crippen molar-refractivity contribution < 1.29 is 4.48 Å². The van der Waals surface area contributed by atoms with Gasteiger partial charge in [0.1, 0.15) is 18.3 Å². The summed E-state index contributed by atoms with van der Waals surface area (Å²) in [4.78, 5) is 0. The molecule has 0 bridgehead atoms. The minimum atomic E-state index is 0.286. The lowest BCUT2D eigenvalue weighted by atomic mass is 9.77. The predicted octanol–water partition coefficient (Wildman–Crippen LogP) is 6.60. The van der Waals surface area contributed by atoms with Gasteiger partial charge in [-0.25, -0.2) is 0 Å². The number of benzene rings is 3. The van der Waals surface area contributed by atoms with Crippen molar-refractivity contribution in [3.05, 3.63) is 112 Å². The van der Waals surface area contributed by atoms with Gasteiger partial charge in [-0.05, 0) is 47.2 Å². The minimum Gasteiger partial charge on any atom is -0.280 e. The normalized spacial score (nSPS) is 25.3. The Morgan fingerprint density at radius 3 is 2.55 bits per heavy atom. The predicted molar refractivity (Wildman–Crippen MR) is 125 cm³/mol. The molecule has 3 atom stereocenters. The minimum absolute atomic E-state index is 0.286. The van der Waals surface area contributed by atoms with E-state index < -0.39 is 0 Å². The zero-order valence-corrected chi connectivity index (χ0v) is 18.0. The van der Waals surface area contributed by atoms with Gasteiger partial charge in [0.05, 0.1) is 18.7 Å². The van der Waals surface area contributed by atoms with Crippen LogP contribution >= 0.6 is 0 Å². The van der Waals surface area contributed by atoms with Crippen LogP contribution in [0.4, 0.5) is 0 Å². The molecule has 6 rings (SSSR count). The first-order chi connectivity index (χ1) is 15.1. The second-order valence-corrected chi connectivity index (χ2v) is 9.32. The summed E-state index contributed by atoms with van der Waals surface area (Å²) in [6, 6.07) is 26.4. The second-order valence-electron chi connectivity index (χ2n) is 9.32. The average Bonchev–Trinajstić information content (AvgIpc) is 3.11. The molecule has 2 heterocycles. The summed E-state index contributed by atoms with van der Waals surface area (Å²) in [7, 11) is 2.40. The highest BCUT2D eigenvalue weighted by Crippen LogP contribution is 2.56. The smallest absolute Gasteiger partial charge is 0.146 e. The molecule has 3 aliphatic rings. The number of allylic oxidation sites excluding steroid dienone is 3. The molecule has 150 valence electrons. The number of nitriles is 1. The van der Waals surface area contributed by atoms with E-state index in [1.807, 2.05) is 18.2 Å². The first-order valence-corrected chi connectivity index (χ1v) is 11.1. The van der Waals surface area contributed by atoms with E-state index in [9.17, 15) is 5.26 Å². The Bertz CT molecular complexity index is 1340. The van der Waals surface area contributed by atoms with Gasteiger partial charge < -0.3 is 0 Å². The van der Waals surface area contributed by atoms with Crippen LogP contribution in [-0.4, -0.2) is 11.5 Å². The monoisotopic (exact) mass is 401 g/mol. The highest BCUT2D eigenvalue weighted by atomic mass is 15.4. The van der Waals surface area contributed by atoms with Gasteiger partial charge >= 0.3 is 0 Å². The molecule has 2 nitrogen and oxygen atoms in total. The lowest BCUT2D eigenvalue weighted by molar-refractivity contribution is -0.901. The van der Waals surface area contributed by atoms with E-state index in [-0.39, 0.29) is 6.04 Å². The number of hydrogen-bond donors (Lipinski definition) is 0. The topological polar surface area (TPSA) is 23.8 Å². The number of nitrogens with zero attached hydrogens (tertiary/aromatic N) is 2. The summed E-state index contributed by atoms with van der Waals surface area (Å²) in [5, 5.41) is 9.62. The second kappa shape index (κ2) is 6.54. The molecule has 0 saturated carbocycles. The van der Waals surface area contributed by atoms with Gasteiger partial charge in [-0.3, -0.25) is 4.48 Å². The number of likely N-dealkylation sites (N-methyl/N-ethyl adjacent to an activating group) is 1. The molecular formula is C29H25N2+. The van der Waals surface area contributed by atoms with Crippen molar-refractivity contribution in [1.29, 1.82) is 5.26 Å². The van der Waals surface area contributed by atoms with Crippen LogP contribution in [0.5, 0.6) is 0 Å². The van der Waals surface area contributed by atoms with Gasteiger partial charge in [0.2, 0.25) is 0 Å². The molecule has 3 unspecified atom stereocenters. The van der Waals surface area contributed by atoms with Crippen LogP contribution in [0.15, 0.2) is 84.6 Å². The molecule has 2 aliphatic heterocycles. The van der Waals surface area contributed by atoms with Crippen LogP contribution < -0.4 is 0 Å². The lowest BCUT2D eigenvalue weighted by Crippen LogP contribution is -2.45. The maximum absolute atomic E-state index is 9.62. The van der Waals surface area contributed by atoms with Crippen LogP contribution in [0, 0.1) is 17.2 Å². The van der Waals surface area contributed by atoms with E-state index >= 15 is 0 Å². The zero-order valence-electron chi connectivity index (χ0n) is 18.0. The standard InChI is InChI=1S/C29H25N2/c1-19-8-7-13-27-28(19)24-11-5-6-12-25(24)29-26-16-20(14-15-22(26)18-31(27,29)2)23-10-4-3-9-21(23)17-30/h3-7,9-16,19,29H,8,18H2,1-2H3/q+1. The molecule has 3 aromatic carbocycles. The molecule has 1 aliphatic carbocycles. The maximum Gasteiger partial charge on any atom is 0.146 e. The van der Waals surface area contributed by atoms with Crippen LogP contribution in [-0.2, 0) is 6.54 Å². The van der Waals surface area contributed by atoms with Crippen molar-refractivity contribution in [1.82, 2.24) is 0 Å². The fourth-order valence-corrected chi connectivity index (χ4v) is 6.12. The van der Waals surface area contributed by atoms with E-state index in [2.05, 4.69) is 80.7 Å². The molecule has 0 amide bonds.